The molecular weight excluding hydrogens is 559 g/mol. The van der Waals surface area contributed by atoms with Gasteiger partial charge in [-0.1, -0.05) is 12.1 Å². The lowest BCUT2D eigenvalue weighted by Crippen LogP contribution is -2.46. The van der Waals surface area contributed by atoms with Crippen LogP contribution in [-0.2, 0) is 25.3 Å². The average Bonchev–Trinajstić information content (AvgIpc) is 3.64. The maximum atomic E-state index is 14.4. The average molecular weight is 584 g/mol. The molecule has 0 unspecified atom stereocenters. The van der Waals surface area contributed by atoms with E-state index in [1.165, 1.54) is 28.4 Å². The van der Waals surface area contributed by atoms with E-state index in [0.717, 1.165) is 17.0 Å². The largest absolute Gasteiger partial charge is 0.465 e. The van der Waals surface area contributed by atoms with Gasteiger partial charge in [-0.05, 0) is 66.8 Å². The molecule has 0 saturated carbocycles. The Labute approximate surface area is 237 Å². The molecule has 3 atom stereocenters. The second kappa shape index (κ2) is 10.4. The third-order valence-electron chi connectivity index (χ3n) is 7.62. The maximum Gasteiger partial charge on any atom is 0.416 e. The van der Waals surface area contributed by atoms with Crippen molar-refractivity contribution < 1.29 is 41.8 Å². The number of hydrogen-bond acceptors (Lipinski definition) is 7. The van der Waals surface area contributed by atoms with E-state index in [2.05, 4.69) is 0 Å². The number of rotatable bonds is 5. The molecule has 1 aliphatic carbocycles. The summed E-state index contributed by atoms with van der Waals surface area (Å²) in [4.78, 5) is 43.5. The molecule has 6 rings (SSSR count). The van der Waals surface area contributed by atoms with Crippen LogP contribution >= 0.6 is 11.3 Å². The first-order valence-corrected chi connectivity index (χ1v) is 13.9. The quantitative estimate of drug-likeness (QED) is 0.263. The van der Waals surface area contributed by atoms with E-state index >= 15 is 0 Å². The summed E-state index contributed by atoms with van der Waals surface area (Å²) in [7, 11) is 0. The predicted octanol–water partition coefficient (Wildman–Crippen LogP) is 6.21. The van der Waals surface area contributed by atoms with Crippen molar-refractivity contribution in [2.45, 2.75) is 37.8 Å². The lowest BCUT2D eigenvalue weighted by atomic mass is 9.69. The number of hydrogen-bond donors (Lipinski definition) is 0. The number of amides is 1. The van der Waals surface area contributed by atoms with Crippen LogP contribution in [0.4, 0.5) is 18.9 Å². The summed E-state index contributed by atoms with van der Waals surface area (Å²) < 4.78 is 56.1. The Morgan fingerprint density at radius 3 is 2.49 bits per heavy atom. The summed E-state index contributed by atoms with van der Waals surface area (Å²) in [5.74, 6) is -2.92. The number of carbonyl (C=O) groups is 3. The summed E-state index contributed by atoms with van der Waals surface area (Å²) in [5.41, 5.74) is 0.637. The van der Waals surface area contributed by atoms with Gasteiger partial charge in [0.1, 0.15) is 5.92 Å². The van der Waals surface area contributed by atoms with Gasteiger partial charge in [-0.25, -0.2) is 0 Å². The normalized spacial score (nSPS) is 22.1. The zero-order valence-corrected chi connectivity index (χ0v) is 22.6. The molecule has 41 heavy (non-hydrogen) atoms. The molecule has 0 N–H and O–H groups in total. The molecule has 0 fully saturated rings. The zero-order valence-electron chi connectivity index (χ0n) is 21.8. The maximum absolute atomic E-state index is 14.4. The Hall–Kier alpha value is -4.12. The number of thiophene rings is 1. The van der Waals surface area contributed by atoms with Crippen LogP contribution in [0.2, 0.25) is 0 Å². The Kier molecular flexibility index (Phi) is 6.85. The minimum Gasteiger partial charge on any atom is -0.465 e. The SMILES string of the molecule is CCOC(=O)[C@H]1C(=O)C2=C(C[C@@H]1c1cccs1)N(c1ccc(C(F)(F)F)cc1)C(=O)C[C@H]2c1ccc2c(c1)OCO2. The highest BCUT2D eigenvalue weighted by Gasteiger charge is 2.50. The molecule has 11 heteroatoms. The van der Waals surface area contributed by atoms with Gasteiger partial charge in [0.25, 0.3) is 0 Å². The highest BCUT2D eigenvalue weighted by atomic mass is 32.1. The molecule has 7 nitrogen and oxygen atoms in total. The van der Waals surface area contributed by atoms with Crippen molar-refractivity contribution >= 4 is 34.7 Å². The second-order valence-electron chi connectivity index (χ2n) is 9.92. The second-order valence-corrected chi connectivity index (χ2v) is 10.9. The molecule has 212 valence electrons. The fourth-order valence-corrected chi connectivity index (χ4v) is 6.68. The van der Waals surface area contributed by atoms with Gasteiger partial charge >= 0.3 is 12.1 Å². The number of ether oxygens (including phenoxy) is 3. The van der Waals surface area contributed by atoms with E-state index in [4.69, 9.17) is 14.2 Å². The molecule has 0 saturated heterocycles. The Morgan fingerprint density at radius 2 is 1.80 bits per heavy atom. The first-order chi connectivity index (χ1) is 19.7. The van der Waals surface area contributed by atoms with Crippen LogP contribution in [0.3, 0.4) is 0 Å². The van der Waals surface area contributed by atoms with E-state index in [1.807, 2.05) is 17.5 Å². The molecule has 3 aromatic rings. The Balaban J connectivity index is 1.52. The van der Waals surface area contributed by atoms with Crippen molar-refractivity contribution in [2.24, 2.45) is 5.92 Å². The van der Waals surface area contributed by atoms with E-state index in [9.17, 15) is 27.6 Å². The number of nitrogens with zero attached hydrogens (tertiary/aromatic N) is 1. The first-order valence-electron chi connectivity index (χ1n) is 13.0. The number of ketones is 1. The molecule has 3 aliphatic rings. The van der Waals surface area contributed by atoms with E-state index in [-0.39, 0.29) is 43.4 Å². The van der Waals surface area contributed by atoms with Crippen LogP contribution in [-0.4, -0.2) is 31.1 Å². The molecule has 1 amide bonds. The van der Waals surface area contributed by atoms with Crippen molar-refractivity contribution in [1.29, 1.82) is 0 Å². The fraction of sp³-hybridized carbons (Fsp3) is 0.300. The van der Waals surface area contributed by atoms with Crippen molar-refractivity contribution in [2.75, 3.05) is 18.3 Å². The number of benzene rings is 2. The number of esters is 1. The number of Topliss-reactive ketones (excluding diaryl/α,β-unsaturated/α-hetero) is 1. The van der Waals surface area contributed by atoms with Crippen LogP contribution in [0.25, 0.3) is 0 Å². The third kappa shape index (κ3) is 4.77. The fourth-order valence-electron chi connectivity index (χ4n) is 5.82. The van der Waals surface area contributed by atoms with Crippen molar-refractivity contribution in [1.82, 2.24) is 0 Å². The number of anilines is 1. The lowest BCUT2D eigenvalue weighted by molar-refractivity contribution is -0.152. The topological polar surface area (TPSA) is 82.1 Å². The van der Waals surface area contributed by atoms with Crippen molar-refractivity contribution in [3.63, 3.8) is 0 Å². The lowest BCUT2D eigenvalue weighted by Gasteiger charge is -2.42. The van der Waals surface area contributed by atoms with Crippen LogP contribution in [0.1, 0.15) is 47.6 Å². The van der Waals surface area contributed by atoms with Crippen LogP contribution in [0.15, 0.2) is 71.2 Å². The monoisotopic (exact) mass is 583 g/mol. The molecule has 2 aliphatic heterocycles. The highest BCUT2D eigenvalue weighted by molar-refractivity contribution is 7.10. The summed E-state index contributed by atoms with van der Waals surface area (Å²) in [6.07, 6.45) is -4.54. The molecule has 0 bridgehead atoms. The first kappa shape index (κ1) is 27.1. The number of alkyl halides is 3. The standard InChI is InChI=1S/C30H24F3NO6S/c1-2-38-29(37)27-20(24-4-3-11-41-24)13-21-26(28(27)36)19(16-5-10-22-23(12-16)40-15-39-22)14-25(35)34(21)18-8-6-17(7-9-18)30(31,32)33/h3-12,19-20,27H,2,13-15H2,1H3/t19-,20+,27+/m0/s1. The van der Waals surface area contributed by atoms with Crippen LogP contribution in [0.5, 0.6) is 11.5 Å². The Morgan fingerprint density at radius 1 is 1.05 bits per heavy atom. The molecule has 0 spiro atoms. The van der Waals surface area contributed by atoms with E-state index in [0.29, 0.717) is 22.8 Å². The van der Waals surface area contributed by atoms with Gasteiger partial charge in [-0.3, -0.25) is 19.3 Å². The van der Waals surface area contributed by atoms with Gasteiger partial charge in [-0.15, -0.1) is 11.3 Å². The number of carbonyl (C=O) groups excluding carboxylic acids is 3. The molecule has 3 heterocycles. The summed E-state index contributed by atoms with van der Waals surface area (Å²) >= 11 is 1.38. The summed E-state index contributed by atoms with van der Waals surface area (Å²) in [6.45, 7) is 1.80. The van der Waals surface area contributed by atoms with Crippen molar-refractivity contribution in [3.8, 4) is 11.5 Å². The predicted molar refractivity (Wildman–Crippen MR) is 143 cm³/mol. The molecule has 2 aromatic carbocycles. The number of halogens is 3. The molecule has 0 radical (unpaired) electrons. The molecular formula is C30H24F3NO6S. The van der Waals surface area contributed by atoms with E-state index in [1.54, 1.807) is 25.1 Å². The highest BCUT2D eigenvalue weighted by Crippen LogP contribution is 2.51. The van der Waals surface area contributed by atoms with Crippen LogP contribution < -0.4 is 14.4 Å². The minimum atomic E-state index is -4.54. The van der Waals surface area contributed by atoms with Gasteiger partial charge < -0.3 is 14.2 Å². The van der Waals surface area contributed by atoms with Crippen molar-refractivity contribution in [3.05, 3.63) is 87.3 Å². The zero-order chi connectivity index (χ0) is 28.9. The van der Waals surface area contributed by atoms with Gasteiger partial charge in [-0.2, -0.15) is 13.2 Å². The summed E-state index contributed by atoms with van der Waals surface area (Å²) in [6, 6.07) is 13.1. The van der Waals surface area contributed by atoms with Gasteiger partial charge in [0.05, 0.1) is 12.2 Å². The minimum absolute atomic E-state index is 0.0460. The summed E-state index contributed by atoms with van der Waals surface area (Å²) in [5, 5.41) is 1.83. The van der Waals surface area contributed by atoms with Gasteiger partial charge in [0.15, 0.2) is 17.3 Å². The van der Waals surface area contributed by atoms with E-state index < -0.39 is 41.2 Å². The third-order valence-corrected chi connectivity index (χ3v) is 8.63. The Bertz CT molecular complexity index is 1550. The smallest absolute Gasteiger partial charge is 0.416 e. The van der Waals surface area contributed by atoms with Gasteiger partial charge in [0.2, 0.25) is 12.7 Å². The molecule has 1 aromatic heterocycles. The number of fused-ring (bicyclic) bond motifs is 1. The number of allylic oxidation sites excluding steroid dienone is 2. The van der Waals surface area contributed by atoms with Crippen LogP contribution in [0, 0.1) is 5.92 Å². The van der Waals surface area contributed by atoms with Gasteiger partial charge in [0, 0.05) is 40.1 Å².